The Bertz CT molecular complexity index is 370. The molecule has 0 fully saturated rings. The van der Waals surface area contributed by atoms with E-state index in [1.807, 2.05) is 0 Å². The molecule has 0 atom stereocenters. The maximum absolute atomic E-state index is 12.8. The highest BCUT2D eigenvalue weighted by Gasteiger charge is 2.07. The number of benzene rings is 1. The van der Waals surface area contributed by atoms with Crippen LogP contribution in [0.3, 0.4) is 0 Å². The summed E-state index contributed by atoms with van der Waals surface area (Å²) in [6, 6.07) is 2.00. The van der Waals surface area contributed by atoms with E-state index in [1.54, 1.807) is 0 Å². The summed E-state index contributed by atoms with van der Waals surface area (Å²) in [6.07, 6.45) is 0.601. The third-order valence-electron chi connectivity index (χ3n) is 1.47. The fourth-order valence-electron chi connectivity index (χ4n) is 0.849. The van der Waals surface area contributed by atoms with Crippen molar-refractivity contribution >= 4 is 15.9 Å². The lowest BCUT2D eigenvalue weighted by Gasteiger charge is -1.97. The minimum Gasteiger partial charge on any atom is -0.503 e. The van der Waals surface area contributed by atoms with Crippen molar-refractivity contribution in [1.29, 1.82) is 0 Å². The second kappa shape index (κ2) is 4.97. The number of halogens is 3. The van der Waals surface area contributed by atoms with Gasteiger partial charge in [0, 0.05) is 17.3 Å². The summed E-state index contributed by atoms with van der Waals surface area (Å²) in [5.74, 6) is 2.35. The predicted octanol–water partition coefficient (Wildman–Crippen LogP) is 2.81. The van der Waals surface area contributed by atoms with E-state index in [2.05, 4.69) is 27.8 Å². The third kappa shape index (κ3) is 2.71. The Morgan fingerprint density at radius 3 is 2.36 bits per heavy atom. The SMILES string of the molecule is Oc1c(F)cc(C#CCCBr)cc1F. The van der Waals surface area contributed by atoms with Gasteiger partial charge in [-0.3, -0.25) is 0 Å². The number of hydrogen-bond donors (Lipinski definition) is 1. The highest BCUT2D eigenvalue weighted by atomic mass is 79.9. The van der Waals surface area contributed by atoms with Crippen molar-refractivity contribution in [2.24, 2.45) is 0 Å². The highest BCUT2D eigenvalue weighted by molar-refractivity contribution is 9.09. The average Bonchev–Trinajstić information content (AvgIpc) is 2.14. The van der Waals surface area contributed by atoms with Gasteiger partial charge in [-0.05, 0) is 12.1 Å². The Balaban J connectivity index is 2.97. The molecular formula is C10H7BrF2O. The van der Waals surface area contributed by atoms with Crippen molar-refractivity contribution in [3.05, 3.63) is 29.3 Å². The smallest absolute Gasteiger partial charge is 0.187 e. The van der Waals surface area contributed by atoms with Crippen LogP contribution < -0.4 is 0 Å². The van der Waals surface area contributed by atoms with E-state index in [1.165, 1.54) is 0 Å². The van der Waals surface area contributed by atoms with Crippen LogP contribution in [0.4, 0.5) is 8.78 Å². The summed E-state index contributed by atoms with van der Waals surface area (Å²) >= 11 is 3.17. The number of phenolic OH excluding ortho intramolecular Hbond substituents is 1. The molecule has 0 heterocycles. The molecule has 0 aliphatic carbocycles. The standard InChI is InChI=1S/C10H7BrF2O/c11-4-2-1-3-7-5-8(12)10(14)9(13)6-7/h5-6,14H,2,4H2. The van der Waals surface area contributed by atoms with Gasteiger partial charge in [0.15, 0.2) is 17.4 Å². The van der Waals surface area contributed by atoms with Gasteiger partial charge < -0.3 is 5.11 Å². The summed E-state index contributed by atoms with van der Waals surface area (Å²) in [5, 5.41) is 9.51. The van der Waals surface area contributed by atoms with Crippen LogP contribution in [0, 0.1) is 23.5 Å². The van der Waals surface area contributed by atoms with Crippen molar-refractivity contribution in [3.63, 3.8) is 0 Å². The van der Waals surface area contributed by atoms with Gasteiger partial charge >= 0.3 is 0 Å². The summed E-state index contributed by atoms with van der Waals surface area (Å²) in [5.41, 5.74) is 0.221. The highest BCUT2D eigenvalue weighted by Crippen LogP contribution is 2.20. The van der Waals surface area contributed by atoms with Gasteiger partial charge in [-0.15, -0.1) is 0 Å². The molecule has 14 heavy (non-hydrogen) atoms. The van der Waals surface area contributed by atoms with Crippen LogP contribution in [0.5, 0.6) is 5.75 Å². The molecule has 74 valence electrons. The molecule has 0 aromatic heterocycles. The molecule has 0 spiro atoms. The van der Waals surface area contributed by atoms with Crippen molar-refractivity contribution in [1.82, 2.24) is 0 Å². The topological polar surface area (TPSA) is 20.2 Å². The molecule has 1 rings (SSSR count). The first-order valence-corrected chi connectivity index (χ1v) is 5.00. The first-order chi connectivity index (χ1) is 6.65. The normalized spacial score (nSPS) is 9.36. The molecule has 0 saturated carbocycles. The molecule has 0 aliphatic heterocycles. The summed E-state index contributed by atoms with van der Waals surface area (Å²) in [4.78, 5) is 0. The number of phenols is 1. The molecule has 4 heteroatoms. The van der Waals surface area contributed by atoms with Crippen molar-refractivity contribution < 1.29 is 13.9 Å². The van der Waals surface area contributed by atoms with Crippen LogP contribution >= 0.6 is 15.9 Å². The quantitative estimate of drug-likeness (QED) is 0.608. The van der Waals surface area contributed by atoms with Gasteiger partial charge in [0.25, 0.3) is 0 Å². The average molecular weight is 261 g/mol. The Morgan fingerprint density at radius 2 is 1.86 bits per heavy atom. The van der Waals surface area contributed by atoms with Crippen LogP contribution in [0.15, 0.2) is 12.1 Å². The van der Waals surface area contributed by atoms with E-state index in [-0.39, 0.29) is 5.56 Å². The lowest BCUT2D eigenvalue weighted by molar-refractivity contribution is 0.396. The molecule has 1 aromatic carbocycles. The number of rotatable bonds is 1. The maximum Gasteiger partial charge on any atom is 0.187 e. The van der Waals surface area contributed by atoms with Crippen molar-refractivity contribution in [3.8, 4) is 17.6 Å². The minimum atomic E-state index is -0.992. The van der Waals surface area contributed by atoms with Gasteiger partial charge in [-0.1, -0.05) is 27.8 Å². The lowest BCUT2D eigenvalue weighted by Crippen LogP contribution is -1.85. The van der Waals surface area contributed by atoms with Crippen molar-refractivity contribution in [2.75, 3.05) is 5.33 Å². The van der Waals surface area contributed by atoms with Crippen LogP contribution in [-0.4, -0.2) is 10.4 Å². The van der Waals surface area contributed by atoms with E-state index in [0.717, 1.165) is 12.1 Å². The molecule has 0 bridgehead atoms. The number of alkyl halides is 1. The second-order valence-corrected chi connectivity index (χ2v) is 3.32. The number of hydrogen-bond acceptors (Lipinski definition) is 1. The first-order valence-electron chi connectivity index (χ1n) is 3.88. The Hall–Kier alpha value is -1.08. The maximum atomic E-state index is 12.8. The Labute approximate surface area is 88.9 Å². The third-order valence-corrected chi connectivity index (χ3v) is 1.87. The predicted molar refractivity (Wildman–Crippen MR) is 53.3 cm³/mol. The van der Waals surface area contributed by atoms with Crippen LogP contribution in [0.25, 0.3) is 0 Å². The van der Waals surface area contributed by atoms with E-state index in [9.17, 15) is 8.78 Å². The van der Waals surface area contributed by atoms with Gasteiger partial charge in [-0.2, -0.15) is 0 Å². The summed E-state index contributed by atoms with van der Waals surface area (Å²) < 4.78 is 25.6. The van der Waals surface area contributed by atoms with E-state index < -0.39 is 17.4 Å². The molecule has 0 amide bonds. The van der Waals surface area contributed by atoms with Crippen LogP contribution in [-0.2, 0) is 0 Å². The Kier molecular flexibility index (Phi) is 3.90. The van der Waals surface area contributed by atoms with E-state index >= 15 is 0 Å². The van der Waals surface area contributed by atoms with Gasteiger partial charge in [0.2, 0.25) is 0 Å². The molecule has 0 unspecified atom stereocenters. The first kappa shape index (κ1) is 11.0. The molecule has 1 N–H and O–H groups in total. The van der Waals surface area contributed by atoms with E-state index in [0.29, 0.717) is 11.8 Å². The monoisotopic (exact) mass is 260 g/mol. The molecule has 0 aliphatic rings. The fraction of sp³-hybridized carbons (Fsp3) is 0.200. The number of aromatic hydroxyl groups is 1. The zero-order valence-corrected chi connectivity index (χ0v) is 8.74. The lowest BCUT2D eigenvalue weighted by atomic mass is 10.2. The molecule has 0 radical (unpaired) electrons. The van der Waals surface area contributed by atoms with Gasteiger partial charge in [-0.25, -0.2) is 8.78 Å². The van der Waals surface area contributed by atoms with Crippen LogP contribution in [0.2, 0.25) is 0 Å². The molecule has 1 nitrogen and oxygen atoms in total. The van der Waals surface area contributed by atoms with Crippen molar-refractivity contribution in [2.45, 2.75) is 6.42 Å². The second-order valence-electron chi connectivity index (χ2n) is 2.53. The summed E-state index contributed by atoms with van der Waals surface area (Å²) in [7, 11) is 0. The molecular weight excluding hydrogens is 254 g/mol. The zero-order valence-electron chi connectivity index (χ0n) is 7.15. The van der Waals surface area contributed by atoms with Gasteiger partial charge in [0.05, 0.1) is 0 Å². The Morgan fingerprint density at radius 1 is 1.29 bits per heavy atom. The summed E-state index contributed by atoms with van der Waals surface area (Å²) in [6.45, 7) is 0. The van der Waals surface area contributed by atoms with E-state index in [4.69, 9.17) is 5.11 Å². The fourth-order valence-corrected chi connectivity index (χ4v) is 1.05. The largest absolute Gasteiger partial charge is 0.503 e. The van der Waals surface area contributed by atoms with Gasteiger partial charge in [0.1, 0.15) is 0 Å². The zero-order chi connectivity index (χ0) is 10.6. The minimum absolute atomic E-state index is 0.221. The molecule has 0 saturated heterocycles. The van der Waals surface area contributed by atoms with Crippen LogP contribution in [0.1, 0.15) is 12.0 Å². The molecule has 1 aromatic rings.